The number of amidine groups is 1. The van der Waals surface area contributed by atoms with E-state index >= 15 is 0 Å². The van der Waals surface area contributed by atoms with E-state index in [1.54, 1.807) is 19.1 Å². The normalized spacial score (nSPS) is 16.7. The number of nitrogens with zero attached hydrogens (tertiary/aromatic N) is 2. The third kappa shape index (κ3) is 2.43. The highest BCUT2D eigenvalue weighted by molar-refractivity contribution is 6.12. The number of benzene rings is 1. The highest BCUT2D eigenvalue weighted by Gasteiger charge is 2.16. The first-order valence-electron chi connectivity index (χ1n) is 6.00. The number of halogens is 1. The van der Waals surface area contributed by atoms with Crippen LogP contribution < -0.4 is 0 Å². The predicted octanol–water partition coefficient (Wildman–Crippen LogP) is 3.38. The first kappa shape index (κ1) is 12.0. The molecule has 1 aromatic carbocycles. The molecule has 1 aliphatic rings. The molecule has 0 bridgehead atoms. The lowest BCUT2D eigenvalue weighted by atomic mass is 10.0. The standard InChI is InChI=1S/C14H17FN2/c1-4-9(2)13-8-16-14(17-13)11-5-6-12(15)10(3)7-11/h5-7,9H,4,8H2,1-3H3. The van der Waals surface area contributed by atoms with Crippen molar-refractivity contribution in [1.29, 1.82) is 0 Å². The number of hydrogen-bond acceptors (Lipinski definition) is 2. The van der Waals surface area contributed by atoms with Crippen molar-refractivity contribution in [1.82, 2.24) is 0 Å². The van der Waals surface area contributed by atoms with Crippen LogP contribution in [0.4, 0.5) is 4.39 Å². The minimum Gasteiger partial charge on any atom is -0.260 e. The van der Waals surface area contributed by atoms with Gasteiger partial charge in [0.1, 0.15) is 5.82 Å². The molecule has 2 rings (SSSR count). The average Bonchev–Trinajstić information content (AvgIpc) is 2.81. The molecule has 0 radical (unpaired) electrons. The molecule has 1 unspecified atom stereocenters. The Hall–Kier alpha value is -1.51. The Balaban J connectivity index is 2.25. The van der Waals surface area contributed by atoms with Gasteiger partial charge in [0.15, 0.2) is 5.84 Å². The predicted molar refractivity (Wildman–Crippen MR) is 69.4 cm³/mol. The van der Waals surface area contributed by atoms with Gasteiger partial charge in [-0.25, -0.2) is 9.38 Å². The second-order valence-corrected chi connectivity index (χ2v) is 4.52. The van der Waals surface area contributed by atoms with E-state index < -0.39 is 0 Å². The molecule has 0 saturated carbocycles. The van der Waals surface area contributed by atoms with Gasteiger partial charge in [-0.1, -0.05) is 13.8 Å². The number of aliphatic imine (C=N–C) groups is 2. The Bertz CT molecular complexity index is 489. The molecule has 0 saturated heterocycles. The van der Waals surface area contributed by atoms with Crippen molar-refractivity contribution in [2.45, 2.75) is 27.2 Å². The van der Waals surface area contributed by atoms with Crippen molar-refractivity contribution in [3.05, 3.63) is 35.1 Å². The van der Waals surface area contributed by atoms with E-state index in [9.17, 15) is 4.39 Å². The smallest absolute Gasteiger partial charge is 0.154 e. The molecule has 1 aromatic rings. The van der Waals surface area contributed by atoms with Crippen molar-refractivity contribution in [3.63, 3.8) is 0 Å². The molecule has 1 heterocycles. The van der Waals surface area contributed by atoms with Crippen molar-refractivity contribution in [2.24, 2.45) is 15.9 Å². The lowest BCUT2D eigenvalue weighted by molar-refractivity contribution is 0.618. The Morgan fingerprint density at radius 2 is 2.18 bits per heavy atom. The van der Waals surface area contributed by atoms with E-state index in [0.29, 0.717) is 18.0 Å². The number of hydrogen-bond donors (Lipinski definition) is 0. The summed E-state index contributed by atoms with van der Waals surface area (Å²) >= 11 is 0. The molecule has 0 aromatic heterocycles. The zero-order chi connectivity index (χ0) is 12.4. The molecule has 0 aliphatic carbocycles. The maximum Gasteiger partial charge on any atom is 0.154 e. The van der Waals surface area contributed by atoms with Gasteiger partial charge < -0.3 is 0 Å². The van der Waals surface area contributed by atoms with Crippen LogP contribution in [0.25, 0.3) is 0 Å². The Kier molecular flexibility index (Phi) is 3.36. The second kappa shape index (κ2) is 4.78. The van der Waals surface area contributed by atoms with Crippen LogP contribution in [0.2, 0.25) is 0 Å². The maximum absolute atomic E-state index is 13.2. The van der Waals surface area contributed by atoms with Crippen molar-refractivity contribution in [3.8, 4) is 0 Å². The lowest BCUT2D eigenvalue weighted by Gasteiger charge is -2.05. The van der Waals surface area contributed by atoms with Crippen LogP contribution >= 0.6 is 0 Å². The lowest BCUT2D eigenvalue weighted by Crippen LogP contribution is -2.10. The first-order chi connectivity index (χ1) is 8.11. The van der Waals surface area contributed by atoms with Crippen LogP contribution in [0, 0.1) is 18.7 Å². The third-order valence-electron chi connectivity index (χ3n) is 3.24. The molecule has 17 heavy (non-hydrogen) atoms. The fourth-order valence-electron chi connectivity index (χ4n) is 1.80. The van der Waals surface area contributed by atoms with Gasteiger partial charge in [0.2, 0.25) is 0 Å². The fraction of sp³-hybridized carbons (Fsp3) is 0.429. The molecule has 3 heteroatoms. The van der Waals surface area contributed by atoms with Gasteiger partial charge in [-0.05, 0) is 43.0 Å². The van der Waals surface area contributed by atoms with Gasteiger partial charge in [0, 0.05) is 11.3 Å². The summed E-state index contributed by atoms with van der Waals surface area (Å²) in [5.74, 6) is 1.03. The van der Waals surface area contributed by atoms with E-state index in [2.05, 4.69) is 23.8 Å². The van der Waals surface area contributed by atoms with E-state index in [1.165, 1.54) is 6.07 Å². The summed E-state index contributed by atoms with van der Waals surface area (Å²) in [5.41, 5.74) is 2.67. The molecule has 0 amide bonds. The Morgan fingerprint density at radius 1 is 1.41 bits per heavy atom. The monoisotopic (exact) mass is 232 g/mol. The van der Waals surface area contributed by atoms with Crippen molar-refractivity contribution in [2.75, 3.05) is 6.54 Å². The number of aryl methyl sites for hydroxylation is 1. The highest BCUT2D eigenvalue weighted by atomic mass is 19.1. The zero-order valence-corrected chi connectivity index (χ0v) is 10.5. The fourth-order valence-corrected chi connectivity index (χ4v) is 1.80. The van der Waals surface area contributed by atoms with E-state index in [-0.39, 0.29) is 5.82 Å². The van der Waals surface area contributed by atoms with E-state index in [4.69, 9.17) is 0 Å². The Morgan fingerprint density at radius 3 is 2.82 bits per heavy atom. The summed E-state index contributed by atoms with van der Waals surface area (Å²) < 4.78 is 13.2. The molecule has 90 valence electrons. The van der Waals surface area contributed by atoms with Crippen molar-refractivity contribution < 1.29 is 4.39 Å². The third-order valence-corrected chi connectivity index (χ3v) is 3.24. The topological polar surface area (TPSA) is 24.7 Å². The van der Waals surface area contributed by atoms with Gasteiger partial charge in [0.05, 0.1) is 6.54 Å². The molecular weight excluding hydrogens is 215 g/mol. The van der Waals surface area contributed by atoms with Crippen LogP contribution in [0.1, 0.15) is 31.4 Å². The minimum atomic E-state index is -0.182. The van der Waals surface area contributed by atoms with Gasteiger partial charge in [-0.3, -0.25) is 4.99 Å². The SMILES string of the molecule is CCC(C)C1=NC(c2ccc(F)c(C)c2)=NC1. The van der Waals surface area contributed by atoms with Crippen LogP contribution in [0.3, 0.4) is 0 Å². The van der Waals surface area contributed by atoms with Crippen LogP contribution in [-0.2, 0) is 0 Å². The van der Waals surface area contributed by atoms with Crippen LogP contribution in [-0.4, -0.2) is 18.1 Å². The summed E-state index contributed by atoms with van der Waals surface area (Å²) in [5, 5.41) is 0. The average molecular weight is 232 g/mol. The minimum absolute atomic E-state index is 0.182. The molecular formula is C14H17FN2. The van der Waals surface area contributed by atoms with Gasteiger partial charge in [-0.15, -0.1) is 0 Å². The van der Waals surface area contributed by atoms with Gasteiger partial charge >= 0.3 is 0 Å². The quantitative estimate of drug-likeness (QED) is 0.763. The van der Waals surface area contributed by atoms with Crippen LogP contribution in [0.5, 0.6) is 0 Å². The van der Waals surface area contributed by atoms with Gasteiger partial charge in [-0.2, -0.15) is 0 Å². The van der Waals surface area contributed by atoms with Crippen molar-refractivity contribution >= 4 is 11.5 Å². The van der Waals surface area contributed by atoms with E-state index in [0.717, 1.165) is 23.5 Å². The van der Waals surface area contributed by atoms with Crippen LogP contribution in [0.15, 0.2) is 28.2 Å². The molecule has 1 atom stereocenters. The molecule has 0 fully saturated rings. The summed E-state index contributed by atoms with van der Waals surface area (Å²) in [6.45, 7) is 6.74. The molecule has 0 spiro atoms. The molecule has 2 nitrogen and oxygen atoms in total. The number of rotatable bonds is 3. The second-order valence-electron chi connectivity index (χ2n) is 4.52. The molecule has 0 N–H and O–H groups in total. The maximum atomic E-state index is 13.2. The highest BCUT2D eigenvalue weighted by Crippen LogP contribution is 2.16. The summed E-state index contributed by atoms with van der Waals surface area (Å²) in [4.78, 5) is 8.96. The summed E-state index contributed by atoms with van der Waals surface area (Å²) in [6.07, 6.45) is 1.07. The van der Waals surface area contributed by atoms with E-state index in [1.807, 2.05) is 0 Å². The zero-order valence-electron chi connectivity index (χ0n) is 10.5. The largest absolute Gasteiger partial charge is 0.260 e. The molecule has 1 aliphatic heterocycles. The Labute approximate surface area is 101 Å². The first-order valence-corrected chi connectivity index (χ1v) is 6.00. The van der Waals surface area contributed by atoms with Gasteiger partial charge in [0.25, 0.3) is 0 Å². The summed E-state index contributed by atoms with van der Waals surface area (Å²) in [7, 11) is 0. The summed E-state index contributed by atoms with van der Waals surface area (Å²) in [6, 6.07) is 5.02.